The lowest BCUT2D eigenvalue weighted by atomic mass is 10.3. The second-order valence-electron chi connectivity index (χ2n) is 4.87. The van der Waals surface area contributed by atoms with Gasteiger partial charge in [-0.15, -0.1) is 11.8 Å². The summed E-state index contributed by atoms with van der Waals surface area (Å²) in [5, 5.41) is 13.1. The van der Waals surface area contributed by atoms with Crippen LogP contribution in [0.3, 0.4) is 0 Å². The maximum absolute atomic E-state index is 12.0. The van der Waals surface area contributed by atoms with Crippen molar-refractivity contribution in [1.29, 1.82) is 0 Å². The van der Waals surface area contributed by atoms with Gasteiger partial charge in [0.1, 0.15) is 12.2 Å². The van der Waals surface area contributed by atoms with E-state index in [-0.39, 0.29) is 6.03 Å². The molecule has 0 unspecified atom stereocenters. The van der Waals surface area contributed by atoms with Crippen LogP contribution in [0.25, 0.3) is 0 Å². The Labute approximate surface area is 138 Å². The number of hydrogen-bond donors (Lipinski definition) is 3. The number of benzene rings is 1. The van der Waals surface area contributed by atoms with E-state index in [4.69, 9.17) is 11.6 Å². The van der Waals surface area contributed by atoms with Crippen molar-refractivity contribution in [3.63, 3.8) is 0 Å². The number of aromatic nitrogens is 3. The zero-order valence-corrected chi connectivity index (χ0v) is 14.0. The van der Waals surface area contributed by atoms with Crippen molar-refractivity contribution in [3.8, 4) is 0 Å². The number of H-pyrrole nitrogens is 1. The monoisotopic (exact) mass is 339 g/mol. The largest absolute Gasteiger partial charge is 0.337 e. The molecule has 0 spiro atoms. The van der Waals surface area contributed by atoms with Gasteiger partial charge in [-0.25, -0.2) is 9.78 Å². The van der Waals surface area contributed by atoms with Gasteiger partial charge in [0.15, 0.2) is 0 Å². The maximum Gasteiger partial charge on any atom is 0.319 e. The van der Waals surface area contributed by atoms with Crippen LogP contribution in [0.4, 0.5) is 10.5 Å². The lowest BCUT2D eigenvalue weighted by Crippen LogP contribution is -2.30. The third-order valence-electron chi connectivity index (χ3n) is 2.66. The molecule has 0 saturated carbocycles. The van der Waals surface area contributed by atoms with Crippen molar-refractivity contribution < 1.29 is 4.79 Å². The molecule has 1 aromatic heterocycles. The van der Waals surface area contributed by atoms with E-state index in [0.29, 0.717) is 28.9 Å². The predicted molar refractivity (Wildman–Crippen MR) is 89.6 cm³/mol. The van der Waals surface area contributed by atoms with Crippen molar-refractivity contribution in [1.82, 2.24) is 20.5 Å². The highest BCUT2D eigenvalue weighted by atomic mass is 35.5. The summed E-state index contributed by atoms with van der Waals surface area (Å²) in [6.45, 7) is 4.66. The molecule has 0 bridgehead atoms. The molecule has 1 aromatic carbocycles. The number of urea groups is 1. The molecule has 0 aliphatic heterocycles. The first-order valence-corrected chi connectivity index (χ1v) is 8.15. The Bertz CT molecular complexity index is 618. The summed E-state index contributed by atoms with van der Waals surface area (Å²) in [7, 11) is 0. The van der Waals surface area contributed by atoms with Crippen molar-refractivity contribution in [2.75, 3.05) is 11.9 Å². The molecular weight excluding hydrogens is 322 g/mol. The number of carbonyl (C=O) groups excluding carboxylic acids is 1. The highest BCUT2D eigenvalue weighted by molar-refractivity contribution is 8.00. The fraction of sp³-hybridized carbons (Fsp3) is 0.357. The number of hydrogen-bond acceptors (Lipinski definition) is 4. The minimum atomic E-state index is -0.271. The minimum Gasteiger partial charge on any atom is -0.337 e. The zero-order chi connectivity index (χ0) is 15.9. The number of nitrogens with zero attached hydrogens (tertiary/aromatic N) is 2. The number of amides is 2. The summed E-state index contributed by atoms with van der Waals surface area (Å²) in [6, 6.07) is 5.21. The van der Waals surface area contributed by atoms with Crippen LogP contribution in [0.2, 0.25) is 5.02 Å². The number of rotatable bonds is 6. The number of thioether (sulfide) groups is 1. The van der Waals surface area contributed by atoms with Crippen LogP contribution >= 0.6 is 23.4 Å². The Balaban J connectivity index is 1.91. The number of halogens is 1. The van der Waals surface area contributed by atoms with Gasteiger partial charge in [0.25, 0.3) is 0 Å². The summed E-state index contributed by atoms with van der Waals surface area (Å²) in [6.07, 6.45) is 2.04. The zero-order valence-electron chi connectivity index (χ0n) is 12.4. The van der Waals surface area contributed by atoms with Gasteiger partial charge in [0.05, 0.1) is 5.69 Å². The van der Waals surface area contributed by atoms with Crippen LogP contribution in [-0.2, 0) is 6.42 Å². The van der Waals surface area contributed by atoms with Crippen molar-refractivity contribution in [2.45, 2.75) is 30.4 Å². The molecule has 0 aliphatic rings. The first-order valence-electron chi connectivity index (χ1n) is 6.90. The van der Waals surface area contributed by atoms with Gasteiger partial charge in [-0.1, -0.05) is 25.4 Å². The highest BCUT2D eigenvalue weighted by Crippen LogP contribution is 2.32. The van der Waals surface area contributed by atoms with Crippen LogP contribution in [0.15, 0.2) is 29.4 Å². The van der Waals surface area contributed by atoms with Gasteiger partial charge in [-0.2, -0.15) is 5.10 Å². The number of carbonyl (C=O) groups is 1. The summed E-state index contributed by atoms with van der Waals surface area (Å²) in [5.74, 6) is 0.735. The second-order valence-corrected chi connectivity index (χ2v) is 6.92. The first-order chi connectivity index (χ1) is 10.5. The molecule has 2 amide bonds. The van der Waals surface area contributed by atoms with Gasteiger partial charge >= 0.3 is 6.03 Å². The molecule has 118 valence electrons. The van der Waals surface area contributed by atoms with Gasteiger partial charge in [0, 0.05) is 28.1 Å². The van der Waals surface area contributed by atoms with Gasteiger partial charge in [-0.3, -0.25) is 5.10 Å². The molecule has 0 radical (unpaired) electrons. The summed E-state index contributed by atoms with van der Waals surface area (Å²) in [5.41, 5.74) is 0.711. The standard InChI is InChI=1S/C14H18ClN5OS/c1-9(2)22-12-4-3-10(15)7-11(12)19-14(21)16-6-5-13-17-8-18-20-13/h3-4,7-9H,5-6H2,1-2H3,(H2,16,19,21)(H,17,18,20). The summed E-state index contributed by atoms with van der Waals surface area (Å²) >= 11 is 7.68. The van der Waals surface area contributed by atoms with Crippen LogP contribution in [0.5, 0.6) is 0 Å². The Hall–Kier alpha value is -1.73. The fourth-order valence-electron chi connectivity index (χ4n) is 1.77. The molecule has 0 fully saturated rings. The molecule has 2 aromatic rings. The van der Waals surface area contributed by atoms with E-state index >= 15 is 0 Å². The molecule has 1 heterocycles. The molecule has 0 atom stereocenters. The molecule has 0 saturated heterocycles. The number of aromatic amines is 1. The van der Waals surface area contributed by atoms with E-state index in [1.165, 1.54) is 6.33 Å². The number of nitrogens with one attached hydrogen (secondary N) is 3. The lowest BCUT2D eigenvalue weighted by molar-refractivity contribution is 0.252. The first kappa shape index (κ1) is 16.6. The number of anilines is 1. The van der Waals surface area contributed by atoms with Crippen LogP contribution in [0.1, 0.15) is 19.7 Å². The third-order valence-corrected chi connectivity index (χ3v) is 3.98. The van der Waals surface area contributed by atoms with Crippen LogP contribution in [-0.4, -0.2) is 33.0 Å². The van der Waals surface area contributed by atoms with Crippen LogP contribution in [0, 0.1) is 0 Å². The van der Waals surface area contributed by atoms with E-state index in [0.717, 1.165) is 10.7 Å². The molecule has 2 rings (SSSR count). The third kappa shape index (κ3) is 5.23. The van der Waals surface area contributed by atoms with E-state index < -0.39 is 0 Å². The van der Waals surface area contributed by atoms with E-state index in [2.05, 4.69) is 39.7 Å². The molecule has 0 aliphatic carbocycles. The fourth-order valence-corrected chi connectivity index (χ4v) is 2.83. The van der Waals surface area contributed by atoms with Gasteiger partial charge in [0.2, 0.25) is 0 Å². The van der Waals surface area contributed by atoms with Crippen LogP contribution < -0.4 is 10.6 Å². The van der Waals surface area contributed by atoms with E-state index in [1.807, 2.05) is 12.1 Å². The second kappa shape index (κ2) is 8.05. The Kier molecular flexibility index (Phi) is 6.09. The van der Waals surface area contributed by atoms with Crippen molar-refractivity contribution in [2.24, 2.45) is 0 Å². The molecule has 8 heteroatoms. The molecule has 3 N–H and O–H groups in total. The SMILES string of the molecule is CC(C)Sc1ccc(Cl)cc1NC(=O)NCCc1ncn[nH]1. The molecular formula is C14H18ClN5OS. The van der Waals surface area contributed by atoms with Crippen molar-refractivity contribution in [3.05, 3.63) is 35.4 Å². The minimum absolute atomic E-state index is 0.271. The van der Waals surface area contributed by atoms with Gasteiger partial charge in [-0.05, 0) is 18.2 Å². The highest BCUT2D eigenvalue weighted by Gasteiger charge is 2.09. The topological polar surface area (TPSA) is 82.7 Å². The lowest BCUT2D eigenvalue weighted by Gasteiger charge is -2.13. The summed E-state index contributed by atoms with van der Waals surface area (Å²) < 4.78 is 0. The van der Waals surface area contributed by atoms with E-state index in [1.54, 1.807) is 17.8 Å². The Morgan fingerprint density at radius 1 is 1.45 bits per heavy atom. The van der Waals surface area contributed by atoms with E-state index in [9.17, 15) is 4.79 Å². The average Bonchev–Trinajstić information content (AvgIpc) is 2.94. The molecule has 22 heavy (non-hydrogen) atoms. The molecule has 6 nitrogen and oxygen atoms in total. The quantitative estimate of drug-likeness (QED) is 0.705. The average molecular weight is 340 g/mol. The predicted octanol–water partition coefficient (Wildman–Crippen LogP) is 3.32. The smallest absolute Gasteiger partial charge is 0.319 e. The normalized spacial score (nSPS) is 10.7. The van der Waals surface area contributed by atoms with Crippen molar-refractivity contribution >= 4 is 35.1 Å². The van der Waals surface area contributed by atoms with Gasteiger partial charge < -0.3 is 10.6 Å². The Morgan fingerprint density at radius 2 is 2.27 bits per heavy atom. The summed E-state index contributed by atoms with van der Waals surface area (Å²) in [4.78, 5) is 17.0. The maximum atomic E-state index is 12.0. The Morgan fingerprint density at radius 3 is 2.95 bits per heavy atom.